The standard InChI is InChI=1S/C22H28N2O/c1-3-21(18-9-7-17(2)8-10-18)23-22(25)19-11-13-20(14-12-19)24-15-5-4-6-16-24/h7-14,21H,3-6,15-16H2,1-2H3,(H,23,25). The number of nitrogens with zero attached hydrogens (tertiary/aromatic N) is 1. The first-order valence-electron chi connectivity index (χ1n) is 9.40. The highest BCUT2D eigenvalue weighted by atomic mass is 16.1. The van der Waals surface area contributed by atoms with Crippen LogP contribution < -0.4 is 10.2 Å². The Morgan fingerprint density at radius 1 is 1.00 bits per heavy atom. The van der Waals surface area contributed by atoms with Crippen LogP contribution in [-0.4, -0.2) is 19.0 Å². The van der Waals surface area contributed by atoms with Crippen LogP contribution >= 0.6 is 0 Å². The summed E-state index contributed by atoms with van der Waals surface area (Å²) in [6, 6.07) is 16.5. The second-order valence-electron chi connectivity index (χ2n) is 6.94. The van der Waals surface area contributed by atoms with Gasteiger partial charge < -0.3 is 10.2 Å². The third-order valence-electron chi connectivity index (χ3n) is 5.04. The van der Waals surface area contributed by atoms with Gasteiger partial charge in [0.1, 0.15) is 0 Å². The maximum atomic E-state index is 12.6. The first-order chi connectivity index (χ1) is 12.2. The topological polar surface area (TPSA) is 32.3 Å². The van der Waals surface area contributed by atoms with E-state index < -0.39 is 0 Å². The molecule has 1 fully saturated rings. The number of carbonyl (C=O) groups is 1. The first kappa shape index (κ1) is 17.5. The van der Waals surface area contributed by atoms with Gasteiger partial charge in [0, 0.05) is 24.3 Å². The lowest BCUT2D eigenvalue weighted by Gasteiger charge is -2.28. The van der Waals surface area contributed by atoms with Crippen LogP contribution in [0.4, 0.5) is 5.69 Å². The normalized spacial score (nSPS) is 15.7. The molecule has 3 rings (SSSR count). The van der Waals surface area contributed by atoms with Crippen LogP contribution in [0.2, 0.25) is 0 Å². The Morgan fingerprint density at radius 3 is 2.24 bits per heavy atom. The van der Waals surface area contributed by atoms with E-state index >= 15 is 0 Å². The Morgan fingerprint density at radius 2 is 1.64 bits per heavy atom. The molecule has 1 heterocycles. The van der Waals surface area contributed by atoms with E-state index in [2.05, 4.69) is 60.5 Å². The van der Waals surface area contributed by atoms with Gasteiger partial charge in [-0.3, -0.25) is 4.79 Å². The van der Waals surface area contributed by atoms with Crippen LogP contribution in [-0.2, 0) is 0 Å². The molecule has 3 heteroatoms. The zero-order valence-corrected chi connectivity index (χ0v) is 15.3. The van der Waals surface area contributed by atoms with E-state index in [0.717, 1.165) is 30.6 Å². The van der Waals surface area contributed by atoms with Gasteiger partial charge in [-0.2, -0.15) is 0 Å². The lowest BCUT2D eigenvalue weighted by Crippen LogP contribution is -2.30. The summed E-state index contributed by atoms with van der Waals surface area (Å²) in [4.78, 5) is 15.0. The van der Waals surface area contributed by atoms with Crippen molar-refractivity contribution in [1.82, 2.24) is 5.32 Å². The van der Waals surface area contributed by atoms with Gasteiger partial charge >= 0.3 is 0 Å². The van der Waals surface area contributed by atoms with Crippen molar-refractivity contribution in [2.24, 2.45) is 0 Å². The van der Waals surface area contributed by atoms with Gasteiger partial charge in [-0.25, -0.2) is 0 Å². The highest BCUT2D eigenvalue weighted by Gasteiger charge is 2.15. The van der Waals surface area contributed by atoms with Crippen LogP contribution in [0, 0.1) is 6.92 Å². The van der Waals surface area contributed by atoms with E-state index in [4.69, 9.17) is 0 Å². The SMILES string of the molecule is CCC(NC(=O)c1ccc(N2CCCCC2)cc1)c1ccc(C)cc1. The van der Waals surface area contributed by atoms with Crippen LogP contribution in [0.3, 0.4) is 0 Å². The van der Waals surface area contributed by atoms with Crippen LogP contribution in [0.15, 0.2) is 48.5 Å². The highest BCUT2D eigenvalue weighted by Crippen LogP contribution is 2.21. The number of hydrogen-bond donors (Lipinski definition) is 1. The predicted octanol–water partition coefficient (Wildman–Crippen LogP) is 4.87. The molecule has 0 aliphatic carbocycles. The van der Waals surface area contributed by atoms with Crippen molar-refractivity contribution in [2.45, 2.75) is 45.6 Å². The minimum atomic E-state index is -0.00220. The Labute approximate surface area is 151 Å². The third kappa shape index (κ3) is 4.41. The number of anilines is 1. The van der Waals surface area contributed by atoms with E-state index in [1.807, 2.05) is 12.1 Å². The Kier molecular flexibility index (Phi) is 5.75. The van der Waals surface area contributed by atoms with E-state index in [1.54, 1.807) is 0 Å². The average molecular weight is 336 g/mol. The number of carbonyl (C=O) groups excluding carboxylic acids is 1. The van der Waals surface area contributed by atoms with Crippen molar-refractivity contribution in [1.29, 1.82) is 0 Å². The van der Waals surface area contributed by atoms with Gasteiger partial charge in [0.25, 0.3) is 5.91 Å². The summed E-state index contributed by atoms with van der Waals surface area (Å²) in [6.45, 7) is 6.42. The van der Waals surface area contributed by atoms with Crippen molar-refractivity contribution in [3.63, 3.8) is 0 Å². The molecule has 0 aromatic heterocycles. The zero-order valence-electron chi connectivity index (χ0n) is 15.3. The molecular weight excluding hydrogens is 308 g/mol. The summed E-state index contributed by atoms with van der Waals surface area (Å²) in [5, 5.41) is 3.17. The number of rotatable bonds is 5. The fourth-order valence-electron chi connectivity index (χ4n) is 3.44. The highest BCUT2D eigenvalue weighted by molar-refractivity contribution is 5.94. The van der Waals surface area contributed by atoms with Crippen LogP contribution in [0.25, 0.3) is 0 Å². The van der Waals surface area contributed by atoms with Crippen molar-refractivity contribution < 1.29 is 4.79 Å². The number of piperidine rings is 1. The van der Waals surface area contributed by atoms with Crippen molar-refractivity contribution in [2.75, 3.05) is 18.0 Å². The monoisotopic (exact) mass is 336 g/mol. The van der Waals surface area contributed by atoms with Gasteiger partial charge in [0.15, 0.2) is 0 Å². The fourth-order valence-corrected chi connectivity index (χ4v) is 3.44. The summed E-state index contributed by atoms with van der Waals surface area (Å²) in [6.07, 6.45) is 4.73. The van der Waals surface area contributed by atoms with Gasteiger partial charge in [0.05, 0.1) is 6.04 Å². The van der Waals surface area contributed by atoms with Crippen molar-refractivity contribution in [3.8, 4) is 0 Å². The van der Waals surface area contributed by atoms with Gasteiger partial charge in [0.2, 0.25) is 0 Å². The molecule has 2 aromatic carbocycles. The predicted molar refractivity (Wildman–Crippen MR) is 104 cm³/mol. The summed E-state index contributed by atoms with van der Waals surface area (Å²) in [5.41, 5.74) is 4.35. The summed E-state index contributed by atoms with van der Waals surface area (Å²) >= 11 is 0. The third-order valence-corrected chi connectivity index (χ3v) is 5.04. The smallest absolute Gasteiger partial charge is 0.251 e. The Hall–Kier alpha value is -2.29. The van der Waals surface area contributed by atoms with Crippen LogP contribution in [0.5, 0.6) is 0 Å². The number of amides is 1. The maximum absolute atomic E-state index is 12.6. The zero-order chi connectivity index (χ0) is 17.6. The minimum absolute atomic E-state index is 0.00220. The fraction of sp³-hybridized carbons (Fsp3) is 0.409. The number of hydrogen-bond acceptors (Lipinski definition) is 2. The lowest BCUT2D eigenvalue weighted by atomic mass is 10.0. The molecule has 0 saturated carbocycles. The molecule has 1 aliphatic rings. The molecule has 1 unspecified atom stereocenters. The molecule has 1 amide bonds. The minimum Gasteiger partial charge on any atom is -0.372 e. The van der Waals surface area contributed by atoms with Crippen molar-refractivity contribution >= 4 is 11.6 Å². The molecule has 0 bridgehead atoms. The van der Waals surface area contributed by atoms with Gasteiger partial charge in [-0.1, -0.05) is 36.8 Å². The Balaban J connectivity index is 1.66. The van der Waals surface area contributed by atoms with Gasteiger partial charge in [-0.05, 0) is 62.4 Å². The van der Waals surface area contributed by atoms with E-state index in [9.17, 15) is 4.79 Å². The largest absolute Gasteiger partial charge is 0.372 e. The summed E-state index contributed by atoms with van der Waals surface area (Å²) < 4.78 is 0. The number of benzene rings is 2. The molecule has 3 nitrogen and oxygen atoms in total. The van der Waals surface area contributed by atoms with Gasteiger partial charge in [-0.15, -0.1) is 0 Å². The Bertz CT molecular complexity index is 685. The molecule has 0 spiro atoms. The molecule has 1 N–H and O–H groups in total. The quantitative estimate of drug-likeness (QED) is 0.845. The van der Waals surface area contributed by atoms with E-state index in [1.165, 1.54) is 30.5 Å². The van der Waals surface area contributed by atoms with Crippen LogP contribution in [0.1, 0.15) is 60.1 Å². The second kappa shape index (κ2) is 8.19. The molecule has 2 aromatic rings. The molecule has 0 radical (unpaired) electrons. The average Bonchev–Trinajstić information content (AvgIpc) is 2.67. The van der Waals surface area contributed by atoms with Crippen molar-refractivity contribution in [3.05, 3.63) is 65.2 Å². The van der Waals surface area contributed by atoms with E-state index in [0.29, 0.717) is 0 Å². The summed E-state index contributed by atoms with van der Waals surface area (Å²) in [7, 11) is 0. The molecule has 1 aliphatic heterocycles. The number of nitrogens with one attached hydrogen (secondary N) is 1. The summed E-state index contributed by atoms with van der Waals surface area (Å²) in [5.74, 6) is -0.00220. The maximum Gasteiger partial charge on any atom is 0.251 e. The molecule has 132 valence electrons. The molecule has 1 atom stereocenters. The van der Waals surface area contributed by atoms with E-state index in [-0.39, 0.29) is 11.9 Å². The first-order valence-corrected chi connectivity index (χ1v) is 9.40. The lowest BCUT2D eigenvalue weighted by molar-refractivity contribution is 0.0935. The molecule has 25 heavy (non-hydrogen) atoms. The number of aryl methyl sites for hydroxylation is 1. The molecular formula is C22H28N2O. The second-order valence-corrected chi connectivity index (χ2v) is 6.94. The molecule has 1 saturated heterocycles.